The number of nitrogens with zero attached hydrogens (tertiary/aromatic N) is 4. The highest BCUT2D eigenvalue weighted by Gasteiger charge is 2.18. The lowest BCUT2D eigenvalue weighted by atomic mass is 10.0. The normalized spacial score (nSPS) is 12.9. The van der Waals surface area contributed by atoms with Crippen LogP contribution in [0.15, 0.2) is 24.3 Å². The van der Waals surface area contributed by atoms with Crippen molar-refractivity contribution in [3.8, 4) is 0 Å². The fraction of sp³-hybridized carbons (Fsp3) is 0.357. The van der Waals surface area contributed by atoms with Gasteiger partial charge >= 0.3 is 0 Å². The molecule has 2 radical (unpaired) electrons. The molecule has 1 unspecified atom stereocenters. The van der Waals surface area contributed by atoms with Crippen LogP contribution in [-0.4, -0.2) is 20.2 Å². The maximum absolute atomic E-state index is 6.38. The summed E-state index contributed by atoms with van der Waals surface area (Å²) in [5.74, 6) is 0.703. The molecule has 0 fully saturated rings. The molecule has 1 heterocycles. The van der Waals surface area contributed by atoms with E-state index in [-0.39, 0.29) is 11.4 Å². The van der Waals surface area contributed by atoms with Gasteiger partial charge in [0.2, 0.25) is 0 Å². The van der Waals surface area contributed by atoms with Gasteiger partial charge in [-0.3, -0.25) is 0 Å². The summed E-state index contributed by atoms with van der Waals surface area (Å²) in [7, 11) is 0. The molecule has 19 heavy (non-hydrogen) atoms. The van der Waals surface area contributed by atoms with Gasteiger partial charge in [-0.25, -0.2) is 4.68 Å². The molecule has 0 aliphatic rings. The van der Waals surface area contributed by atoms with E-state index in [0.717, 1.165) is 11.1 Å². The summed E-state index contributed by atoms with van der Waals surface area (Å²) in [5.41, 5.74) is 2.09. The summed E-state index contributed by atoms with van der Waals surface area (Å²) in [5, 5.41) is 11.4. The zero-order valence-electron chi connectivity index (χ0n) is 11.1. The van der Waals surface area contributed by atoms with Gasteiger partial charge in [0.15, 0.2) is 5.82 Å². The molecule has 4 nitrogen and oxygen atoms in total. The largest absolute Gasteiger partial charge is 0.226 e. The van der Waals surface area contributed by atoms with Crippen LogP contribution >= 0.6 is 11.6 Å². The zero-order chi connectivity index (χ0) is 13.8. The number of rotatable bonds is 5. The highest BCUT2D eigenvalue weighted by Crippen LogP contribution is 2.26. The van der Waals surface area contributed by atoms with Gasteiger partial charge in [-0.1, -0.05) is 24.3 Å². The first-order chi connectivity index (χ1) is 9.09. The molecule has 1 aromatic heterocycles. The standard InChI is InChI=1S/C14H17ClN4/c1-10(2)19-14(16-17-18-19)13(15)9-8-12-7-5-4-6-11(12)3/h4-8,10,13H,3,9H2,1-2H3. The van der Waals surface area contributed by atoms with Crippen molar-refractivity contribution in [3.05, 3.63) is 54.6 Å². The number of halogens is 1. The van der Waals surface area contributed by atoms with Crippen LogP contribution in [0.4, 0.5) is 0 Å². The fourth-order valence-corrected chi connectivity index (χ4v) is 2.08. The third-order valence-electron chi connectivity index (χ3n) is 2.89. The lowest BCUT2D eigenvalue weighted by Crippen LogP contribution is -2.10. The summed E-state index contributed by atoms with van der Waals surface area (Å²) < 4.78 is 1.75. The Labute approximate surface area is 118 Å². The van der Waals surface area contributed by atoms with Crippen molar-refractivity contribution in [2.75, 3.05) is 0 Å². The molecule has 0 N–H and O–H groups in total. The first-order valence-electron chi connectivity index (χ1n) is 6.25. The van der Waals surface area contributed by atoms with E-state index in [4.69, 9.17) is 11.6 Å². The van der Waals surface area contributed by atoms with E-state index in [2.05, 4.69) is 28.9 Å². The number of aromatic nitrogens is 4. The lowest BCUT2D eigenvalue weighted by Gasteiger charge is -2.12. The number of hydrogen-bond donors (Lipinski definition) is 0. The van der Waals surface area contributed by atoms with Crippen molar-refractivity contribution in [1.29, 1.82) is 0 Å². The molecule has 0 spiro atoms. The molecular weight excluding hydrogens is 260 g/mol. The predicted octanol–water partition coefficient (Wildman–Crippen LogP) is 3.36. The second-order valence-electron chi connectivity index (χ2n) is 4.68. The summed E-state index contributed by atoms with van der Waals surface area (Å²) in [4.78, 5) is 0. The lowest BCUT2D eigenvalue weighted by molar-refractivity contribution is 0.490. The summed E-state index contributed by atoms with van der Waals surface area (Å²) in [6.07, 6.45) is 2.74. The maximum Gasteiger partial charge on any atom is 0.169 e. The number of tetrazole rings is 1. The molecule has 2 aromatic rings. The molecule has 0 amide bonds. The van der Waals surface area contributed by atoms with Gasteiger partial charge in [-0.2, -0.15) is 0 Å². The Bertz CT molecular complexity index is 536. The number of alkyl halides is 1. The van der Waals surface area contributed by atoms with Crippen molar-refractivity contribution in [2.45, 2.75) is 31.7 Å². The molecule has 5 heteroatoms. The molecule has 0 aliphatic heterocycles. The van der Waals surface area contributed by atoms with Crippen LogP contribution in [0.1, 0.15) is 48.6 Å². The minimum absolute atomic E-state index is 0.200. The van der Waals surface area contributed by atoms with Gasteiger partial charge in [0.25, 0.3) is 0 Å². The molecule has 0 saturated carbocycles. The average Bonchev–Trinajstić information content (AvgIpc) is 2.87. The summed E-state index contributed by atoms with van der Waals surface area (Å²) in [6, 6.07) is 8.16. The summed E-state index contributed by atoms with van der Waals surface area (Å²) in [6.45, 7) is 8.04. The second-order valence-corrected chi connectivity index (χ2v) is 5.21. The number of benzene rings is 1. The van der Waals surface area contributed by atoms with Crippen LogP contribution in [0.3, 0.4) is 0 Å². The number of hydrogen-bond acceptors (Lipinski definition) is 3. The van der Waals surface area contributed by atoms with Crippen LogP contribution in [0.2, 0.25) is 0 Å². The monoisotopic (exact) mass is 276 g/mol. The van der Waals surface area contributed by atoms with Crippen LogP contribution in [0.25, 0.3) is 0 Å². The predicted molar refractivity (Wildman–Crippen MR) is 75.7 cm³/mol. The molecular formula is C14H17ClN4. The van der Waals surface area contributed by atoms with Crippen molar-refractivity contribution in [1.82, 2.24) is 20.2 Å². The van der Waals surface area contributed by atoms with Crippen molar-refractivity contribution in [3.63, 3.8) is 0 Å². The second kappa shape index (κ2) is 6.15. The Morgan fingerprint density at radius 2 is 2.11 bits per heavy atom. The molecule has 1 atom stereocenters. The average molecular weight is 277 g/mol. The molecule has 2 rings (SSSR count). The minimum atomic E-state index is -0.239. The SMILES string of the molecule is [CH2]c1ccccc1[CH]CC(Cl)c1nnnn1C(C)C. The van der Waals surface area contributed by atoms with Gasteiger partial charge in [0.05, 0.1) is 11.4 Å². The molecule has 0 bridgehead atoms. The van der Waals surface area contributed by atoms with E-state index in [1.54, 1.807) is 4.68 Å². The highest BCUT2D eigenvalue weighted by molar-refractivity contribution is 6.20. The van der Waals surface area contributed by atoms with Crippen molar-refractivity contribution < 1.29 is 0 Å². The first-order valence-corrected chi connectivity index (χ1v) is 6.69. The Balaban J connectivity index is 2.04. The Kier molecular flexibility index (Phi) is 4.53. The van der Waals surface area contributed by atoms with Crippen molar-refractivity contribution in [2.24, 2.45) is 0 Å². The topological polar surface area (TPSA) is 43.6 Å². The highest BCUT2D eigenvalue weighted by atomic mass is 35.5. The van der Waals surface area contributed by atoms with E-state index < -0.39 is 0 Å². The molecule has 0 saturated heterocycles. The first kappa shape index (κ1) is 14.0. The molecule has 0 aliphatic carbocycles. The third kappa shape index (κ3) is 3.32. The summed E-state index contributed by atoms with van der Waals surface area (Å²) >= 11 is 6.38. The van der Waals surface area contributed by atoms with Crippen molar-refractivity contribution >= 4 is 11.6 Å². The van der Waals surface area contributed by atoms with E-state index in [0.29, 0.717) is 12.2 Å². The third-order valence-corrected chi connectivity index (χ3v) is 3.26. The Morgan fingerprint density at radius 1 is 1.37 bits per heavy atom. The molecule has 1 aromatic carbocycles. The minimum Gasteiger partial charge on any atom is -0.226 e. The molecule has 100 valence electrons. The van der Waals surface area contributed by atoms with Crippen LogP contribution < -0.4 is 0 Å². The van der Waals surface area contributed by atoms with Crippen LogP contribution in [0, 0.1) is 13.3 Å². The van der Waals surface area contributed by atoms with Gasteiger partial charge in [-0.15, -0.1) is 16.7 Å². The van der Waals surface area contributed by atoms with Gasteiger partial charge < -0.3 is 0 Å². The smallest absolute Gasteiger partial charge is 0.169 e. The quantitative estimate of drug-likeness (QED) is 0.787. The van der Waals surface area contributed by atoms with E-state index in [1.165, 1.54) is 0 Å². The maximum atomic E-state index is 6.38. The zero-order valence-corrected chi connectivity index (χ0v) is 11.9. The van der Waals surface area contributed by atoms with Crippen LogP contribution in [0.5, 0.6) is 0 Å². The van der Waals surface area contributed by atoms with Crippen LogP contribution in [-0.2, 0) is 0 Å². The van der Waals surface area contributed by atoms with E-state index in [9.17, 15) is 0 Å². The van der Waals surface area contributed by atoms with E-state index in [1.807, 2.05) is 38.1 Å². The van der Waals surface area contributed by atoms with Gasteiger partial charge in [0.1, 0.15) is 0 Å². The van der Waals surface area contributed by atoms with E-state index >= 15 is 0 Å². The Hall–Kier alpha value is -1.42. The fourth-order valence-electron chi connectivity index (χ4n) is 1.84. The van der Waals surface area contributed by atoms with Gasteiger partial charge in [0, 0.05) is 0 Å². The Morgan fingerprint density at radius 3 is 2.79 bits per heavy atom. The van der Waals surface area contributed by atoms with Gasteiger partial charge in [-0.05, 0) is 55.2 Å².